The number of carbonyl (C=O) groups excluding carboxylic acids is 4. The number of nitrogens with zero attached hydrogens (tertiary/aromatic N) is 2. The van der Waals surface area contributed by atoms with Crippen LogP contribution in [-0.2, 0) is 25.6 Å². The molecule has 0 unspecified atom stereocenters. The number of phenols is 1. The summed E-state index contributed by atoms with van der Waals surface area (Å²) in [6.07, 6.45) is 2.96. The molecule has 10 heteroatoms. The third-order valence-corrected chi connectivity index (χ3v) is 4.56. The molecule has 0 aliphatic carbocycles. The molecule has 10 nitrogen and oxygen atoms in total. The van der Waals surface area contributed by atoms with E-state index < -0.39 is 29.7 Å². The first-order chi connectivity index (χ1) is 14.2. The minimum Gasteiger partial charge on any atom is -0.508 e. The van der Waals surface area contributed by atoms with Crippen LogP contribution in [0.2, 0.25) is 0 Å². The van der Waals surface area contributed by atoms with Crippen LogP contribution in [0.4, 0.5) is 0 Å². The van der Waals surface area contributed by atoms with Gasteiger partial charge < -0.3 is 10.4 Å². The highest BCUT2D eigenvalue weighted by Crippen LogP contribution is 2.16. The summed E-state index contributed by atoms with van der Waals surface area (Å²) in [6.45, 7) is 2.93. The van der Waals surface area contributed by atoms with Gasteiger partial charge in [-0.25, -0.2) is 15.9 Å². The van der Waals surface area contributed by atoms with E-state index in [0.29, 0.717) is 28.5 Å². The SMILES string of the molecule is CCCCC[C@H](CN(O)C=O)C(=O)N(N)C(=O)[C@H](Cc1ccc(O)cc1)NC(C)=O. The number of hydrogen-bond donors (Lipinski definition) is 4. The molecule has 0 radical (unpaired) electrons. The maximum atomic E-state index is 12.9. The lowest BCUT2D eigenvalue weighted by Crippen LogP contribution is -2.56. The van der Waals surface area contributed by atoms with Crippen molar-refractivity contribution < 1.29 is 29.5 Å². The molecule has 0 aliphatic heterocycles. The van der Waals surface area contributed by atoms with Gasteiger partial charge in [0.15, 0.2) is 0 Å². The van der Waals surface area contributed by atoms with Crippen LogP contribution in [-0.4, -0.2) is 57.1 Å². The summed E-state index contributed by atoms with van der Waals surface area (Å²) in [5.41, 5.74) is 0.641. The van der Waals surface area contributed by atoms with E-state index >= 15 is 0 Å². The van der Waals surface area contributed by atoms with Gasteiger partial charge >= 0.3 is 0 Å². The Morgan fingerprint density at radius 2 is 1.80 bits per heavy atom. The van der Waals surface area contributed by atoms with Crippen LogP contribution in [0.25, 0.3) is 0 Å². The second-order valence-electron chi connectivity index (χ2n) is 7.09. The number of unbranched alkanes of at least 4 members (excludes halogenated alkanes) is 2. The molecule has 4 amide bonds. The van der Waals surface area contributed by atoms with Crippen molar-refractivity contribution in [3.05, 3.63) is 29.8 Å². The third-order valence-electron chi connectivity index (χ3n) is 4.56. The van der Waals surface area contributed by atoms with Gasteiger partial charge in [-0.3, -0.25) is 24.4 Å². The lowest BCUT2D eigenvalue weighted by molar-refractivity contribution is -0.159. The predicted octanol–water partition coefficient (Wildman–Crippen LogP) is 0.712. The molecule has 0 bridgehead atoms. The van der Waals surface area contributed by atoms with E-state index in [1.807, 2.05) is 6.92 Å². The molecule has 0 saturated heterocycles. The fourth-order valence-corrected chi connectivity index (χ4v) is 2.99. The van der Waals surface area contributed by atoms with Crippen LogP contribution in [0.1, 0.15) is 45.1 Å². The van der Waals surface area contributed by atoms with Gasteiger partial charge in [0, 0.05) is 13.3 Å². The van der Waals surface area contributed by atoms with Gasteiger partial charge in [0.1, 0.15) is 11.8 Å². The molecule has 30 heavy (non-hydrogen) atoms. The smallest absolute Gasteiger partial charge is 0.266 e. The summed E-state index contributed by atoms with van der Waals surface area (Å²) < 4.78 is 0. The second kappa shape index (κ2) is 12.6. The van der Waals surface area contributed by atoms with E-state index in [2.05, 4.69) is 5.32 Å². The van der Waals surface area contributed by atoms with Crippen molar-refractivity contribution in [1.29, 1.82) is 0 Å². The number of hydroxylamine groups is 2. The highest BCUT2D eigenvalue weighted by atomic mass is 16.5. The Morgan fingerprint density at radius 3 is 2.33 bits per heavy atom. The Balaban J connectivity index is 2.97. The van der Waals surface area contributed by atoms with E-state index in [-0.39, 0.29) is 25.1 Å². The zero-order chi connectivity index (χ0) is 22.7. The molecule has 0 aliphatic rings. The van der Waals surface area contributed by atoms with E-state index in [9.17, 15) is 29.5 Å². The van der Waals surface area contributed by atoms with E-state index in [0.717, 1.165) is 12.8 Å². The summed E-state index contributed by atoms with van der Waals surface area (Å²) in [5.74, 6) is 2.93. The topological polar surface area (TPSA) is 153 Å². The van der Waals surface area contributed by atoms with Crippen molar-refractivity contribution in [2.45, 2.75) is 52.0 Å². The molecule has 2 atom stereocenters. The van der Waals surface area contributed by atoms with E-state index in [1.165, 1.54) is 19.1 Å². The number of aromatic hydroxyl groups is 1. The van der Waals surface area contributed by atoms with Crippen LogP contribution in [0, 0.1) is 5.92 Å². The number of benzene rings is 1. The zero-order valence-electron chi connectivity index (χ0n) is 17.3. The number of phenolic OH excluding ortho intramolecular Hbond substituents is 1. The standard InChI is InChI=1S/C20H30N4O6/c1-3-4-5-6-16(12-23(30)13-25)19(28)24(21)20(29)18(22-14(2)26)11-15-7-9-17(27)10-8-15/h7-10,13,16,18,27,30H,3-6,11-12,21H2,1-2H3,(H,22,26)/t16-,18+/m1/s1. The van der Waals surface area contributed by atoms with Crippen molar-refractivity contribution in [3.8, 4) is 5.75 Å². The number of hydrogen-bond acceptors (Lipinski definition) is 7. The molecule has 1 aromatic rings. The van der Waals surface area contributed by atoms with Crippen molar-refractivity contribution in [2.24, 2.45) is 11.8 Å². The average Bonchev–Trinajstić information content (AvgIpc) is 2.72. The molecular weight excluding hydrogens is 392 g/mol. The van der Waals surface area contributed by atoms with Gasteiger partial charge in [-0.05, 0) is 24.1 Å². The highest BCUT2D eigenvalue weighted by Gasteiger charge is 2.32. The minimum absolute atomic E-state index is 0.0513. The van der Waals surface area contributed by atoms with Gasteiger partial charge in [-0.15, -0.1) is 0 Å². The lowest BCUT2D eigenvalue weighted by Gasteiger charge is -2.27. The predicted molar refractivity (Wildman–Crippen MR) is 108 cm³/mol. The number of nitrogens with one attached hydrogen (secondary N) is 1. The normalized spacial score (nSPS) is 12.5. The average molecular weight is 422 g/mol. The number of hydrazine groups is 1. The maximum Gasteiger partial charge on any atom is 0.266 e. The molecule has 0 saturated carbocycles. The summed E-state index contributed by atoms with van der Waals surface area (Å²) in [7, 11) is 0. The first kappa shape index (κ1) is 25.1. The van der Waals surface area contributed by atoms with Crippen LogP contribution in [0.5, 0.6) is 5.75 Å². The number of carbonyl (C=O) groups is 4. The Morgan fingerprint density at radius 1 is 1.17 bits per heavy atom. The Labute approximate surface area is 175 Å². The number of nitrogens with two attached hydrogens (primary N) is 1. The fraction of sp³-hybridized carbons (Fsp3) is 0.500. The second-order valence-corrected chi connectivity index (χ2v) is 7.09. The maximum absolute atomic E-state index is 12.9. The molecule has 5 N–H and O–H groups in total. The van der Waals surface area contributed by atoms with Crippen LogP contribution in [0.15, 0.2) is 24.3 Å². The summed E-state index contributed by atoms with van der Waals surface area (Å²) in [5, 5.41) is 22.1. The van der Waals surface area contributed by atoms with Gasteiger partial charge in [0.2, 0.25) is 18.2 Å². The summed E-state index contributed by atoms with van der Waals surface area (Å²) in [6, 6.07) is 4.95. The summed E-state index contributed by atoms with van der Waals surface area (Å²) in [4.78, 5) is 48.0. The Hall–Kier alpha value is -2.98. The van der Waals surface area contributed by atoms with Crippen molar-refractivity contribution >= 4 is 24.1 Å². The van der Waals surface area contributed by atoms with Crippen LogP contribution < -0.4 is 11.2 Å². The Kier molecular flexibility index (Phi) is 10.5. The first-order valence-corrected chi connectivity index (χ1v) is 9.77. The van der Waals surface area contributed by atoms with E-state index in [4.69, 9.17) is 5.84 Å². The van der Waals surface area contributed by atoms with Gasteiger partial charge in [0.25, 0.3) is 5.91 Å². The van der Waals surface area contributed by atoms with Crippen LogP contribution in [0.3, 0.4) is 0 Å². The largest absolute Gasteiger partial charge is 0.508 e. The van der Waals surface area contributed by atoms with Crippen molar-refractivity contribution in [2.75, 3.05) is 6.54 Å². The molecule has 0 spiro atoms. The van der Waals surface area contributed by atoms with E-state index in [1.54, 1.807) is 12.1 Å². The Bertz CT molecular complexity index is 725. The molecule has 166 valence electrons. The monoisotopic (exact) mass is 422 g/mol. The quantitative estimate of drug-likeness (QED) is 0.0966. The first-order valence-electron chi connectivity index (χ1n) is 9.77. The number of amides is 4. The fourth-order valence-electron chi connectivity index (χ4n) is 2.99. The van der Waals surface area contributed by atoms with Gasteiger partial charge in [-0.2, -0.15) is 0 Å². The lowest BCUT2D eigenvalue weighted by atomic mass is 9.99. The molecule has 1 rings (SSSR count). The number of rotatable bonds is 12. The van der Waals surface area contributed by atoms with Gasteiger partial charge in [-0.1, -0.05) is 38.3 Å². The molecule has 1 aromatic carbocycles. The molecule has 0 fully saturated rings. The zero-order valence-corrected chi connectivity index (χ0v) is 17.3. The minimum atomic E-state index is -1.10. The molecular formula is C20H30N4O6. The number of imide groups is 1. The van der Waals surface area contributed by atoms with Crippen molar-refractivity contribution in [3.63, 3.8) is 0 Å². The summed E-state index contributed by atoms with van der Waals surface area (Å²) >= 11 is 0. The highest BCUT2D eigenvalue weighted by molar-refractivity contribution is 5.99. The third kappa shape index (κ3) is 8.18. The molecule has 0 aromatic heterocycles. The van der Waals surface area contributed by atoms with Gasteiger partial charge in [0.05, 0.1) is 12.5 Å². The van der Waals surface area contributed by atoms with Crippen molar-refractivity contribution in [1.82, 2.24) is 15.4 Å². The van der Waals surface area contributed by atoms with Crippen LogP contribution >= 0.6 is 0 Å². The molecule has 0 heterocycles.